The van der Waals surface area contributed by atoms with E-state index in [1.54, 1.807) is 19.2 Å². The van der Waals surface area contributed by atoms with Crippen molar-refractivity contribution in [1.29, 1.82) is 0 Å². The second-order valence-corrected chi connectivity index (χ2v) is 3.71. The maximum Gasteiger partial charge on any atom is 0.258 e. The van der Waals surface area contributed by atoms with Crippen LogP contribution in [0.5, 0.6) is 11.5 Å². The number of phenols is 1. The van der Waals surface area contributed by atoms with Gasteiger partial charge in [-0.3, -0.25) is 4.79 Å². The summed E-state index contributed by atoms with van der Waals surface area (Å²) in [4.78, 5) is 11.4. The molecule has 0 spiro atoms. The van der Waals surface area contributed by atoms with Crippen LogP contribution in [0.15, 0.2) is 24.3 Å². The smallest absolute Gasteiger partial charge is 0.258 e. The third-order valence-corrected chi connectivity index (χ3v) is 2.03. The van der Waals surface area contributed by atoms with Crippen molar-refractivity contribution >= 4 is 5.91 Å². The lowest BCUT2D eigenvalue weighted by Crippen LogP contribution is -2.38. The van der Waals surface area contributed by atoms with Crippen LogP contribution in [0.25, 0.3) is 0 Å². The molecule has 0 aromatic heterocycles. The lowest BCUT2D eigenvalue weighted by molar-refractivity contribution is -0.124. The lowest BCUT2D eigenvalue weighted by atomic mass is 10.3. The first-order chi connectivity index (χ1) is 8.11. The SMILES string of the molecule is COCC(C)NC(=O)COc1ccc(O)cc1. The molecule has 17 heavy (non-hydrogen) atoms. The predicted octanol–water partition coefficient (Wildman–Crippen LogP) is 0.922. The van der Waals surface area contributed by atoms with Gasteiger partial charge in [0.25, 0.3) is 5.91 Å². The van der Waals surface area contributed by atoms with Crippen LogP contribution in [0.2, 0.25) is 0 Å². The highest BCUT2D eigenvalue weighted by molar-refractivity contribution is 5.77. The van der Waals surface area contributed by atoms with Gasteiger partial charge >= 0.3 is 0 Å². The molecule has 5 heteroatoms. The molecule has 0 saturated carbocycles. The average Bonchev–Trinajstić information content (AvgIpc) is 2.28. The van der Waals surface area contributed by atoms with Gasteiger partial charge in [-0.05, 0) is 31.2 Å². The quantitative estimate of drug-likeness (QED) is 0.774. The highest BCUT2D eigenvalue weighted by Crippen LogP contribution is 2.15. The minimum Gasteiger partial charge on any atom is -0.508 e. The number of hydrogen-bond donors (Lipinski definition) is 2. The first-order valence-electron chi connectivity index (χ1n) is 5.32. The van der Waals surface area contributed by atoms with Gasteiger partial charge in [-0.1, -0.05) is 0 Å². The zero-order valence-corrected chi connectivity index (χ0v) is 9.97. The van der Waals surface area contributed by atoms with Crippen molar-refractivity contribution in [2.45, 2.75) is 13.0 Å². The molecule has 0 aliphatic heterocycles. The third-order valence-electron chi connectivity index (χ3n) is 2.03. The van der Waals surface area contributed by atoms with E-state index in [4.69, 9.17) is 14.6 Å². The number of ether oxygens (including phenoxy) is 2. The Balaban J connectivity index is 2.30. The summed E-state index contributed by atoms with van der Waals surface area (Å²) in [5.74, 6) is 0.496. The minimum absolute atomic E-state index is 0.0454. The zero-order valence-electron chi connectivity index (χ0n) is 9.97. The largest absolute Gasteiger partial charge is 0.508 e. The number of aromatic hydroxyl groups is 1. The second-order valence-electron chi connectivity index (χ2n) is 3.71. The molecule has 5 nitrogen and oxygen atoms in total. The van der Waals surface area contributed by atoms with Gasteiger partial charge in [0.05, 0.1) is 6.61 Å². The van der Waals surface area contributed by atoms with Crippen molar-refractivity contribution in [2.24, 2.45) is 0 Å². The zero-order chi connectivity index (χ0) is 12.7. The van der Waals surface area contributed by atoms with Crippen LogP contribution in [0.4, 0.5) is 0 Å². The summed E-state index contributed by atoms with van der Waals surface area (Å²) in [6.45, 7) is 2.26. The Hall–Kier alpha value is -1.75. The number of nitrogens with one attached hydrogen (secondary N) is 1. The normalized spacial score (nSPS) is 11.9. The molecule has 0 fully saturated rings. The highest BCUT2D eigenvalue weighted by Gasteiger charge is 2.07. The maximum absolute atomic E-state index is 11.4. The Morgan fingerprint density at radius 1 is 1.41 bits per heavy atom. The van der Waals surface area contributed by atoms with Crippen molar-refractivity contribution in [2.75, 3.05) is 20.3 Å². The standard InChI is InChI=1S/C12H17NO4/c1-9(7-16-2)13-12(15)8-17-11-5-3-10(14)4-6-11/h3-6,9,14H,7-8H2,1-2H3,(H,13,15). The lowest BCUT2D eigenvalue weighted by Gasteiger charge is -2.13. The van der Waals surface area contributed by atoms with Gasteiger partial charge in [0, 0.05) is 13.2 Å². The Morgan fingerprint density at radius 3 is 2.65 bits per heavy atom. The average molecular weight is 239 g/mol. The minimum atomic E-state index is -0.206. The number of rotatable bonds is 6. The van der Waals surface area contributed by atoms with E-state index in [2.05, 4.69) is 5.32 Å². The van der Waals surface area contributed by atoms with E-state index < -0.39 is 0 Å². The summed E-state index contributed by atoms with van der Waals surface area (Å²) < 4.78 is 10.1. The van der Waals surface area contributed by atoms with Crippen LogP contribution in [-0.4, -0.2) is 37.4 Å². The molecular formula is C12H17NO4. The first kappa shape index (κ1) is 13.3. The summed E-state index contributed by atoms with van der Waals surface area (Å²) >= 11 is 0. The summed E-state index contributed by atoms with van der Waals surface area (Å²) in [5.41, 5.74) is 0. The molecule has 0 aliphatic rings. The molecule has 1 atom stereocenters. The van der Waals surface area contributed by atoms with Crippen LogP contribution in [-0.2, 0) is 9.53 Å². The fourth-order valence-corrected chi connectivity index (χ4v) is 1.30. The Morgan fingerprint density at radius 2 is 2.06 bits per heavy atom. The Kier molecular flexibility index (Phi) is 5.29. The monoisotopic (exact) mass is 239 g/mol. The molecule has 1 rings (SSSR count). The molecule has 1 aromatic carbocycles. The number of hydrogen-bond acceptors (Lipinski definition) is 4. The molecule has 0 heterocycles. The van der Waals surface area contributed by atoms with Gasteiger partial charge in [0.15, 0.2) is 6.61 Å². The molecule has 0 radical (unpaired) electrons. The molecule has 1 amide bonds. The number of carbonyl (C=O) groups is 1. The van der Waals surface area contributed by atoms with Gasteiger partial charge < -0.3 is 19.9 Å². The topological polar surface area (TPSA) is 67.8 Å². The third kappa shape index (κ3) is 5.21. The van der Waals surface area contributed by atoms with Gasteiger partial charge in [0.1, 0.15) is 11.5 Å². The molecule has 94 valence electrons. The van der Waals surface area contributed by atoms with Crippen LogP contribution in [0.3, 0.4) is 0 Å². The molecule has 2 N–H and O–H groups in total. The van der Waals surface area contributed by atoms with Crippen molar-refractivity contribution in [3.05, 3.63) is 24.3 Å². The Bertz CT molecular complexity index is 350. The molecule has 0 bridgehead atoms. The van der Waals surface area contributed by atoms with E-state index in [-0.39, 0.29) is 24.3 Å². The fourth-order valence-electron chi connectivity index (χ4n) is 1.30. The second kappa shape index (κ2) is 6.75. The summed E-state index contributed by atoms with van der Waals surface area (Å²) in [5, 5.41) is 11.8. The van der Waals surface area contributed by atoms with E-state index in [1.807, 2.05) is 6.92 Å². The van der Waals surface area contributed by atoms with Crippen LogP contribution < -0.4 is 10.1 Å². The number of carbonyl (C=O) groups excluding carboxylic acids is 1. The number of amides is 1. The number of benzene rings is 1. The maximum atomic E-state index is 11.4. The van der Waals surface area contributed by atoms with Crippen molar-refractivity contribution < 1.29 is 19.4 Å². The molecular weight excluding hydrogens is 222 g/mol. The summed E-state index contributed by atoms with van der Waals surface area (Å²) in [6.07, 6.45) is 0. The summed E-state index contributed by atoms with van der Waals surface area (Å²) in [7, 11) is 1.58. The van der Waals surface area contributed by atoms with Crippen LogP contribution in [0, 0.1) is 0 Å². The Labute approximate surface area is 100 Å². The van der Waals surface area contributed by atoms with Crippen LogP contribution in [0.1, 0.15) is 6.92 Å². The number of methoxy groups -OCH3 is 1. The van der Waals surface area contributed by atoms with E-state index in [9.17, 15) is 4.79 Å². The molecule has 0 aliphatic carbocycles. The first-order valence-corrected chi connectivity index (χ1v) is 5.32. The van der Waals surface area contributed by atoms with Gasteiger partial charge in [-0.25, -0.2) is 0 Å². The van der Waals surface area contributed by atoms with E-state index in [1.165, 1.54) is 12.1 Å². The highest BCUT2D eigenvalue weighted by atomic mass is 16.5. The molecule has 1 unspecified atom stereocenters. The predicted molar refractivity (Wildman–Crippen MR) is 63.1 cm³/mol. The van der Waals surface area contributed by atoms with Crippen molar-refractivity contribution in [3.63, 3.8) is 0 Å². The van der Waals surface area contributed by atoms with Crippen LogP contribution >= 0.6 is 0 Å². The van der Waals surface area contributed by atoms with Gasteiger partial charge in [-0.2, -0.15) is 0 Å². The van der Waals surface area contributed by atoms with E-state index in [0.717, 1.165) is 0 Å². The molecule has 0 saturated heterocycles. The molecule has 1 aromatic rings. The summed E-state index contributed by atoms with van der Waals surface area (Å²) in [6, 6.07) is 6.15. The van der Waals surface area contributed by atoms with Crippen molar-refractivity contribution in [3.8, 4) is 11.5 Å². The van der Waals surface area contributed by atoms with Gasteiger partial charge in [-0.15, -0.1) is 0 Å². The van der Waals surface area contributed by atoms with E-state index in [0.29, 0.717) is 12.4 Å². The fraction of sp³-hybridized carbons (Fsp3) is 0.417. The number of phenolic OH excluding ortho intramolecular Hbond substituents is 1. The van der Waals surface area contributed by atoms with E-state index >= 15 is 0 Å². The van der Waals surface area contributed by atoms with Crippen molar-refractivity contribution in [1.82, 2.24) is 5.32 Å². The van der Waals surface area contributed by atoms with Gasteiger partial charge in [0.2, 0.25) is 0 Å².